The fourth-order valence-corrected chi connectivity index (χ4v) is 4.83. The maximum atomic E-state index is 11.3. The Morgan fingerprint density at radius 1 is 0.677 bits per heavy atom. The first kappa shape index (κ1) is 19.3. The lowest BCUT2D eigenvalue weighted by molar-refractivity contribution is -0.136. The minimum absolute atomic E-state index is 0.0251. The molecular formula is C29H24O2. The number of carboxylic acid groups (broad SMARTS) is 1. The van der Waals surface area contributed by atoms with Gasteiger partial charge in [0.2, 0.25) is 0 Å². The molecule has 1 aliphatic carbocycles. The SMILES string of the molecule is CC1(C)c2cc(-c3ccccc3)ccc2-c2ccc(-c3ccccc3CC(=O)O)cc21. The van der Waals surface area contributed by atoms with Crippen molar-refractivity contribution in [3.8, 4) is 33.4 Å². The summed E-state index contributed by atoms with van der Waals surface area (Å²) in [4.78, 5) is 11.3. The van der Waals surface area contributed by atoms with Gasteiger partial charge in [-0.3, -0.25) is 4.79 Å². The predicted octanol–water partition coefficient (Wildman–Crippen LogP) is 6.95. The molecule has 0 unspecified atom stereocenters. The number of benzene rings is 4. The van der Waals surface area contributed by atoms with Crippen molar-refractivity contribution in [2.45, 2.75) is 25.7 Å². The second-order valence-electron chi connectivity index (χ2n) is 8.74. The highest BCUT2D eigenvalue weighted by molar-refractivity contribution is 5.86. The quantitative estimate of drug-likeness (QED) is 0.399. The second kappa shape index (κ2) is 7.24. The largest absolute Gasteiger partial charge is 0.481 e. The summed E-state index contributed by atoms with van der Waals surface area (Å²) in [6.45, 7) is 4.55. The van der Waals surface area contributed by atoms with E-state index in [-0.39, 0.29) is 11.8 Å². The fourth-order valence-electron chi connectivity index (χ4n) is 4.83. The average Bonchev–Trinajstić information content (AvgIpc) is 3.00. The molecule has 0 fully saturated rings. The molecule has 4 aromatic rings. The summed E-state index contributed by atoms with van der Waals surface area (Å²) >= 11 is 0. The van der Waals surface area contributed by atoms with Gasteiger partial charge >= 0.3 is 5.97 Å². The number of aliphatic carboxylic acids is 1. The normalized spacial score (nSPS) is 13.5. The van der Waals surface area contributed by atoms with Gasteiger partial charge in [0.1, 0.15) is 0 Å². The van der Waals surface area contributed by atoms with Crippen LogP contribution in [0.25, 0.3) is 33.4 Å². The van der Waals surface area contributed by atoms with Crippen LogP contribution in [0.4, 0.5) is 0 Å². The molecule has 0 atom stereocenters. The zero-order valence-electron chi connectivity index (χ0n) is 17.7. The molecule has 0 heterocycles. The van der Waals surface area contributed by atoms with E-state index in [1.165, 1.54) is 33.4 Å². The molecule has 4 aromatic carbocycles. The number of carbonyl (C=O) groups is 1. The summed E-state index contributed by atoms with van der Waals surface area (Å²) in [5.41, 5.74) is 10.4. The summed E-state index contributed by atoms with van der Waals surface area (Å²) in [5.74, 6) is -0.810. The van der Waals surface area contributed by atoms with Gasteiger partial charge in [0, 0.05) is 5.41 Å². The van der Waals surface area contributed by atoms with Crippen molar-refractivity contribution in [1.82, 2.24) is 0 Å². The van der Waals surface area contributed by atoms with E-state index in [9.17, 15) is 9.90 Å². The molecule has 2 nitrogen and oxygen atoms in total. The van der Waals surface area contributed by atoms with Gasteiger partial charge in [-0.25, -0.2) is 0 Å². The number of rotatable bonds is 4. The lowest BCUT2D eigenvalue weighted by Gasteiger charge is -2.23. The van der Waals surface area contributed by atoms with Gasteiger partial charge in [-0.1, -0.05) is 92.7 Å². The van der Waals surface area contributed by atoms with Crippen LogP contribution in [-0.4, -0.2) is 11.1 Å². The van der Waals surface area contributed by atoms with Crippen LogP contribution in [0.2, 0.25) is 0 Å². The Hall–Kier alpha value is -3.65. The summed E-state index contributed by atoms with van der Waals surface area (Å²) in [6.07, 6.45) is 0.0251. The van der Waals surface area contributed by atoms with E-state index in [1.54, 1.807) is 0 Å². The average molecular weight is 405 g/mol. The number of hydrogen-bond donors (Lipinski definition) is 1. The van der Waals surface area contributed by atoms with Crippen molar-refractivity contribution in [3.63, 3.8) is 0 Å². The molecule has 31 heavy (non-hydrogen) atoms. The standard InChI is InChI=1S/C29H24O2/c1-29(2)26-16-20(19-8-4-3-5-9-19)12-14-24(26)25-15-13-22(17-27(25)29)23-11-7-6-10-21(23)18-28(30)31/h3-17H,18H2,1-2H3,(H,30,31). The van der Waals surface area contributed by atoms with Crippen LogP contribution in [0.5, 0.6) is 0 Å². The third-order valence-corrected chi connectivity index (χ3v) is 6.45. The van der Waals surface area contributed by atoms with Crippen molar-refractivity contribution in [2.24, 2.45) is 0 Å². The van der Waals surface area contributed by atoms with Gasteiger partial charge in [-0.15, -0.1) is 0 Å². The Balaban J connectivity index is 1.62. The van der Waals surface area contributed by atoms with Crippen LogP contribution < -0.4 is 0 Å². The van der Waals surface area contributed by atoms with Crippen LogP contribution in [0, 0.1) is 0 Å². The Labute approximate surface area is 182 Å². The molecule has 0 amide bonds. The molecule has 0 saturated carbocycles. The van der Waals surface area contributed by atoms with Crippen molar-refractivity contribution in [3.05, 3.63) is 108 Å². The van der Waals surface area contributed by atoms with Gasteiger partial charge in [-0.2, -0.15) is 0 Å². The number of fused-ring (bicyclic) bond motifs is 3. The van der Waals surface area contributed by atoms with Gasteiger partial charge in [0.25, 0.3) is 0 Å². The summed E-state index contributed by atoms with van der Waals surface area (Å²) in [5, 5.41) is 9.31. The van der Waals surface area contributed by atoms with Crippen LogP contribution in [0.15, 0.2) is 91.0 Å². The zero-order valence-corrected chi connectivity index (χ0v) is 17.7. The van der Waals surface area contributed by atoms with Crippen LogP contribution >= 0.6 is 0 Å². The monoisotopic (exact) mass is 404 g/mol. The van der Waals surface area contributed by atoms with Gasteiger partial charge in [0.05, 0.1) is 6.42 Å². The van der Waals surface area contributed by atoms with E-state index in [0.29, 0.717) is 0 Å². The van der Waals surface area contributed by atoms with Gasteiger partial charge < -0.3 is 5.11 Å². The Bertz CT molecular complexity index is 1300. The fraction of sp³-hybridized carbons (Fsp3) is 0.138. The maximum Gasteiger partial charge on any atom is 0.307 e. The van der Waals surface area contributed by atoms with Crippen molar-refractivity contribution >= 4 is 5.97 Å². The molecule has 1 N–H and O–H groups in total. The highest BCUT2D eigenvalue weighted by atomic mass is 16.4. The molecule has 0 aliphatic heterocycles. The first-order valence-corrected chi connectivity index (χ1v) is 10.6. The maximum absolute atomic E-state index is 11.3. The second-order valence-corrected chi connectivity index (χ2v) is 8.74. The van der Waals surface area contributed by atoms with E-state index in [1.807, 2.05) is 30.3 Å². The molecule has 2 heteroatoms. The Morgan fingerprint density at radius 2 is 1.26 bits per heavy atom. The smallest absolute Gasteiger partial charge is 0.307 e. The lowest BCUT2D eigenvalue weighted by atomic mass is 9.80. The molecular weight excluding hydrogens is 380 g/mol. The number of carboxylic acids is 1. The molecule has 0 radical (unpaired) electrons. The first-order valence-electron chi connectivity index (χ1n) is 10.6. The van der Waals surface area contributed by atoms with Crippen LogP contribution in [0.3, 0.4) is 0 Å². The minimum atomic E-state index is -0.810. The molecule has 0 saturated heterocycles. The third-order valence-electron chi connectivity index (χ3n) is 6.45. The van der Waals surface area contributed by atoms with E-state index >= 15 is 0 Å². The van der Waals surface area contributed by atoms with Crippen LogP contribution in [0.1, 0.15) is 30.5 Å². The van der Waals surface area contributed by atoms with Gasteiger partial charge in [-0.05, 0) is 62.2 Å². The van der Waals surface area contributed by atoms with E-state index < -0.39 is 5.97 Å². The summed E-state index contributed by atoms with van der Waals surface area (Å²) < 4.78 is 0. The topological polar surface area (TPSA) is 37.3 Å². The first-order chi connectivity index (χ1) is 14.9. The molecule has 0 spiro atoms. The van der Waals surface area contributed by atoms with E-state index in [2.05, 4.69) is 74.5 Å². The predicted molar refractivity (Wildman–Crippen MR) is 126 cm³/mol. The van der Waals surface area contributed by atoms with E-state index in [4.69, 9.17) is 0 Å². The zero-order chi connectivity index (χ0) is 21.6. The molecule has 5 rings (SSSR count). The van der Waals surface area contributed by atoms with Crippen molar-refractivity contribution in [1.29, 1.82) is 0 Å². The number of hydrogen-bond acceptors (Lipinski definition) is 1. The minimum Gasteiger partial charge on any atom is -0.481 e. The van der Waals surface area contributed by atoms with Gasteiger partial charge in [0.15, 0.2) is 0 Å². The van der Waals surface area contributed by atoms with E-state index in [0.717, 1.165) is 16.7 Å². The lowest BCUT2D eigenvalue weighted by Crippen LogP contribution is -2.15. The molecule has 0 bridgehead atoms. The summed E-state index contributed by atoms with van der Waals surface area (Å²) in [7, 11) is 0. The van der Waals surface area contributed by atoms with Crippen molar-refractivity contribution in [2.75, 3.05) is 0 Å². The highest BCUT2D eigenvalue weighted by Crippen LogP contribution is 2.50. The Kier molecular flexibility index (Phi) is 4.51. The molecule has 0 aromatic heterocycles. The highest BCUT2D eigenvalue weighted by Gasteiger charge is 2.35. The molecule has 152 valence electrons. The molecule has 1 aliphatic rings. The summed E-state index contributed by atoms with van der Waals surface area (Å²) in [6, 6.07) is 31.6. The van der Waals surface area contributed by atoms with Crippen molar-refractivity contribution < 1.29 is 9.90 Å². The van der Waals surface area contributed by atoms with Crippen LogP contribution in [-0.2, 0) is 16.6 Å². The third kappa shape index (κ3) is 3.25. The Morgan fingerprint density at radius 3 is 1.94 bits per heavy atom.